The molecule has 1 N–H and O–H groups in total. The molecule has 0 radical (unpaired) electrons. The number of ether oxygens (including phenoxy) is 1. The molecule has 2 heterocycles. The van der Waals surface area contributed by atoms with E-state index in [0.29, 0.717) is 29.1 Å². The minimum Gasteiger partial charge on any atom is -0.497 e. The average Bonchev–Trinajstić information content (AvgIpc) is 3.31. The van der Waals surface area contributed by atoms with Crippen LogP contribution in [0.15, 0.2) is 46.9 Å². The Kier molecular flexibility index (Phi) is 4.80. The number of benzene rings is 2. The molecule has 7 nitrogen and oxygen atoms in total. The third kappa shape index (κ3) is 3.59. The third-order valence-corrected chi connectivity index (χ3v) is 4.97. The Morgan fingerprint density at radius 1 is 1.21 bits per heavy atom. The molecule has 1 amide bonds. The largest absolute Gasteiger partial charge is 0.497 e. The molecule has 148 valence electrons. The summed E-state index contributed by atoms with van der Waals surface area (Å²) in [6.45, 7) is 4.36. The highest BCUT2D eigenvalue weighted by Gasteiger charge is 2.17. The molecule has 0 fully saturated rings. The maximum absolute atomic E-state index is 12.9. The first-order chi connectivity index (χ1) is 14.0. The SMILES string of the molecule is COc1cccc(-c2nc3ccc(C(=O)N(C)Cc4c(C)n[nH]c4C)cc3o2)c1. The van der Waals surface area contributed by atoms with Gasteiger partial charge in [-0.15, -0.1) is 0 Å². The molecule has 7 heteroatoms. The number of fused-ring (bicyclic) bond motifs is 1. The smallest absolute Gasteiger partial charge is 0.254 e. The van der Waals surface area contributed by atoms with Crippen molar-refractivity contribution in [3.63, 3.8) is 0 Å². The van der Waals surface area contributed by atoms with Crippen LogP contribution in [0.25, 0.3) is 22.6 Å². The van der Waals surface area contributed by atoms with E-state index in [9.17, 15) is 4.79 Å². The van der Waals surface area contributed by atoms with Gasteiger partial charge in [0.25, 0.3) is 5.91 Å². The summed E-state index contributed by atoms with van der Waals surface area (Å²) in [5.74, 6) is 1.12. The molecule has 0 saturated carbocycles. The first kappa shape index (κ1) is 18.7. The number of carbonyl (C=O) groups excluding carboxylic acids is 1. The summed E-state index contributed by atoms with van der Waals surface area (Å²) in [5.41, 5.74) is 5.53. The highest BCUT2D eigenvalue weighted by Crippen LogP contribution is 2.27. The number of carbonyl (C=O) groups is 1. The van der Waals surface area contributed by atoms with Gasteiger partial charge in [0.05, 0.1) is 12.8 Å². The number of hydrogen-bond donors (Lipinski definition) is 1. The minimum absolute atomic E-state index is 0.0915. The number of H-pyrrole nitrogens is 1. The molecule has 0 bridgehead atoms. The van der Waals surface area contributed by atoms with E-state index in [4.69, 9.17) is 9.15 Å². The lowest BCUT2D eigenvalue weighted by Crippen LogP contribution is -2.26. The molecular weight excluding hydrogens is 368 g/mol. The fourth-order valence-electron chi connectivity index (χ4n) is 3.27. The van der Waals surface area contributed by atoms with Crippen molar-refractivity contribution < 1.29 is 13.9 Å². The summed E-state index contributed by atoms with van der Waals surface area (Å²) < 4.78 is 11.2. The minimum atomic E-state index is -0.0915. The lowest BCUT2D eigenvalue weighted by Gasteiger charge is -2.17. The number of hydrogen-bond acceptors (Lipinski definition) is 5. The van der Waals surface area contributed by atoms with Gasteiger partial charge in [-0.3, -0.25) is 9.89 Å². The van der Waals surface area contributed by atoms with Gasteiger partial charge in [0.2, 0.25) is 5.89 Å². The topological polar surface area (TPSA) is 84.2 Å². The molecular formula is C22H22N4O3. The van der Waals surface area contributed by atoms with Crippen LogP contribution in [0.2, 0.25) is 0 Å². The van der Waals surface area contributed by atoms with E-state index in [2.05, 4.69) is 15.2 Å². The van der Waals surface area contributed by atoms with Crippen molar-refractivity contribution >= 4 is 17.0 Å². The van der Waals surface area contributed by atoms with Crippen molar-refractivity contribution in [1.82, 2.24) is 20.1 Å². The van der Waals surface area contributed by atoms with E-state index in [1.807, 2.05) is 38.1 Å². The number of oxazole rings is 1. The number of rotatable bonds is 5. The Morgan fingerprint density at radius 2 is 2.03 bits per heavy atom. The molecule has 0 spiro atoms. The van der Waals surface area contributed by atoms with Crippen molar-refractivity contribution in [2.24, 2.45) is 0 Å². The second-order valence-electron chi connectivity index (χ2n) is 7.01. The summed E-state index contributed by atoms with van der Waals surface area (Å²) in [6, 6.07) is 12.8. The van der Waals surface area contributed by atoms with Crippen LogP contribution in [0.5, 0.6) is 5.75 Å². The van der Waals surface area contributed by atoms with Crippen LogP contribution in [-0.2, 0) is 6.54 Å². The van der Waals surface area contributed by atoms with Gasteiger partial charge >= 0.3 is 0 Å². The van der Waals surface area contributed by atoms with Gasteiger partial charge in [-0.2, -0.15) is 5.10 Å². The molecule has 0 saturated heterocycles. The average molecular weight is 390 g/mol. The Morgan fingerprint density at radius 3 is 2.76 bits per heavy atom. The van der Waals surface area contributed by atoms with Gasteiger partial charge < -0.3 is 14.1 Å². The van der Waals surface area contributed by atoms with Crippen molar-refractivity contribution in [2.75, 3.05) is 14.2 Å². The van der Waals surface area contributed by atoms with Gasteiger partial charge in [0, 0.05) is 36.0 Å². The van der Waals surface area contributed by atoms with Crippen LogP contribution in [-0.4, -0.2) is 40.1 Å². The lowest BCUT2D eigenvalue weighted by atomic mass is 10.1. The molecule has 29 heavy (non-hydrogen) atoms. The van der Waals surface area contributed by atoms with Crippen molar-refractivity contribution in [3.8, 4) is 17.2 Å². The second-order valence-corrected chi connectivity index (χ2v) is 7.01. The zero-order chi connectivity index (χ0) is 20.5. The van der Waals surface area contributed by atoms with Crippen LogP contribution in [0.3, 0.4) is 0 Å². The van der Waals surface area contributed by atoms with Crippen LogP contribution >= 0.6 is 0 Å². The second kappa shape index (κ2) is 7.43. The number of methoxy groups -OCH3 is 1. The predicted octanol–water partition coefficient (Wildman–Crippen LogP) is 4.12. The third-order valence-electron chi connectivity index (χ3n) is 4.97. The first-order valence-electron chi connectivity index (χ1n) is 9.27. The Labute approximate surface area is 168 Å². The van der Waals surface area contributed by atoms with Gasteiger partial charge in [-0.1, -0.05) is 6.07 Å². The number of amides is 1. The number of nitrogens with one attached hydrogen (secondary N) is 1. The van der Waals surface area contributed by atoms with E-state index >= 15 is 0 Å². The van der Waals surface area contributed by atoms with Gasteiger partial charge in [-0.05, 0) is 50.2 Å². The zero-order valence-corrected chi connectivity index (χ0v) is 16.8. The van der Waals surface area contributed by atoms with Crippen LogP contribution in [0.4, 0.5) is 0 Å². The summed E-state index contributed by atoms with van der Waals surface area (Å²) in [7, 11) is 3.40. The summed E-state index contributed by atoms with van der Waals surface area (Å²) in [4.78, 5) is 19.1. The molecule has 0 unspecified atom stereocenters. The monoisotopic (exact) mass is 390 g/mol. The summed E-state index contributed by atoms with van der Waals surface area (Å²) in [6.07, 6.45) is 0. The Balaban J connectivity index is 1.60. The molecule has 0 atom stereocenters. The fraction of sp³-hybridized carbons (Fsp3) is 0.227. The quantitative estimate of drug-likeness (QED) is 0.554. The molecule has 2 aromatic carbocycles. The van der Waals surface area contributed by atoms with Crippen LogP contribution in [0.1, 0.15) is 27.3 Å². The van der Waals surface area contributed by atoms with E-state index in [1.54, 1.807) is 37.3 Å². The maximum atomic E-state index is 12.9. The Bertz CT molecular complexity index is 1170. The van der Waals surface area contributed by atoms with Crippen molar-refractivity contribution in [1.29, 1.82) is 0 Å². The maximum Gasteiger partial charge on any atom is 0.254 e. The first-order valence-corrected chi connectivity index (χ1v) is 9.27. The normalized spacial score (nSPS) is 11.0. The van der Waals surface area contributed by atoms with Crippen LogP contribution in [0, 0.1) is 13.8 Å². The fourth-order valence-corrected chi connectivity index (χ4v) is 3.27. The molecule has 4 rings (SSSR count). The molecule has 0 aliphatic rings. The number of aryl methyl sites for hydroxylation is 2. The van der Waals surface area contributed by atoms with Crippen LogP contribution < -0.4 is 4.74 Å². The van der Waals surface area contributed by atoms with E-state index in [0.717, 1.165) is 28.3 Å². The molecule has 0 aliphatic heterocycles. The van der Waals surface area contributed by atoms with E-state index < -0.39 is 0 Å². The molecule has 4 aromatic rings. The molecule has 0 aliphatic carbocycles. The highest BCUT2D eigenvalue weighted by molar-refractivity contribution is 5.97. The van der Waals surface area contributed by atoms with Crippen molar-refractivity contribution in [3.05, 3.63) is 65.0 Å². The number of aromatic amines is 1. The Hall–Kier alpha value is -3.61. The number of nitrogens with zero attached hydrogens (tertiary/aromatic N) is 3. The lowest BCUT2D eigenvalue weighted by molar-refractivity contribution is 0.0785. The van der Waals surface area contributed by atoms with Gasteiger partial charge in [0.1, 0.15) is 11.3 Å². The predicted molar refractivity (Wildman–Crippen MR) is 110 cm³/mol. The highest BCUT2D eigenvalue weighted by atomic mass is 16.5. The summed E-state index contributed by atoms with van der Waals surface area (Å²) in [5, 5.41) is 7.14. The number of aromatic nitrogens is 3. The van der Waals surface area contributed by atoms with Crippen molar-refractivity contribution in [2.45, 2.75) is 20.4 Å². The van der Waals surface area contributed by atoms with E-state index in [1.165, 1.54) is 0 Å². The molecule has 2 aromatic heterocycles. The van der Waals surface area contributed by atoms with E-state index in [-0.39, 0.29) is 5.91 Å². The van der Waals surface area contributed by atoms with Gasteiger partial charge in [-0.25, -0.2) is 4.98 Å². The zero-order valence-electron chi connectivity index (χ0n) is 16.8. The van der Waals surface area contributed by atoms with Gasteiger partial charge in [0.15, 0.2) is 5.58 Å². The summed E-state index contributed by atoms with van der Waals surface area (Å²) >= 11 is 0. The standard InChI is InChI=1S/C22H22N4O3/c1-13-18(14(2)25-24-13)12-26(3)22(27)16-8-9-19-20(11-16)29-21(23-19)15-6-5-7-17(10-15)28-4/h5-11H,12H2,1-4H3,(H,24,25).